The van der Waals surface area contributed by atoms with Crippen LogP contribution in [0.3, 0.4) is 0 Å². The highest BCUT2D eigenvalue weighted by Gasteiger charge is 2.42. The number of hydrogen-bond acceptors (Lipinski definition) is 2. The van der Waals surface area contributed by atoms with Crippen molar-refractivity contribution in [3.8, 4) is 0 Å². The summed E-state index contributed by atoms with van der Waals surface area (Å²) < 4.78 is 0. The number of hydrogen-bond donors (Lipinski definition) is 0. The maximum atomic E-state index is 2.72. The van der Waals surface area contributed by atoms with Gasteiger partial charge in [-0.2, -0.15) is 0 Å². The summed E-state index contributed by atoms with van der Waals surface area (Å²) >= 11 is 0. The largest absolute Gasteiger partial charge is 0.303 e. The van der Waals surface area contributed by atoms with E-state index in [1.54, 1.807) is 0 Å². The first kappa shape index (κ1) is 8.52. The van der Waals surface area contributed by atoms with E-state index < -0.39 is 0 Å². The summed E-state index contributed by atoms with van der Waals surface area (Å²) in [4.78, 5) is 5.21. The Morgan fingerprint density at radius 2 is 2.08 bits per heavy atom. The van der Waals surface area contributed by atoms with Crippen molar-refractivity contribution < 1.29 is 0 Å². The van der Waals surface area contributed by atoms with Gasteiger partial charge >= 0.3 is 0 Å². The maximum absolute atomic E-state index is 2.72. The molecule has 2 rings (SSSR count). The van der Waals surface area contributed by atoms with E-state index >= 15 is 0 Å². The smallest absolute Gasteiger partial charge is 0.0334 e. The number of rotatable bonds is 1. The molecule has 0 amide bonds. The summed E-state index contributed by atoms with van der Waals surface area (Å²) in [6, 6.07) is 0. The molecule has 0 N–H and O–H groups in total. The third-order valence-corrected chi connectivity index (χ3v) is 3.71. The Balaban J connectivity index is 2.13. The zero-order valence-corrected chi connectivity index (χ0v) is 8.34. The van der Waals surface area contributed by atoms with E-state index in [0.717, 1.165) is 0 Å². The van der Waals surface area contributed by atoms with Gasteiger partial charge in [-0.3, -0.25) is 4.90 Å². The van der Waals surface area contributed by atoms with Crippen molar-refractivity contribution in [1.29, 1.82) is 0 Å². The van der Waals surface area contributed by atoms with Crippen LogP contribution in [0, 0.1) is 0 Å². The molecule has 2 heterocycles. The van der Waals surface area contributed by atoms with Crippen LogP contribution < -0.4 is 0 Å². The van der Waals surface area contributed by atoms with Crippen LogP contribution in [-0.4, -0.2) is 48.6 Å². The van der Waals surface area contributed by atoms with E-state index in [0.29, 0.717) is 5.54 Å². The van der Waals surface area contributed by atoms with Gasteiger partial charge in [-0.15, -0.1) is 0 Å². The molecule has 0 aromatic heterocycles. The molecule has 12 heavy (non-hydrogen) atoms. The summed E-state index contributed by atoms with van der Waals surface area (Å²) in [5.41, 5.74) is 0.562. The molecule has 0 spiro atoms. The van der Waals surface area contributed by atoms with E-state index in [9.17, 15) is 0 Å². The van der Waals surface area contributed by atoms with Crippen molar-refractivity contribution in [3.63, 3.8) is 0 Å². The molecule has 2 aliphatic rings. The molecule has 0 bridgehead atoms. The Hall–Kier alpha value is -0.0800. The molecule has 2 saturated heterocycles. The molecule has 1 atom stereocenters. The highest BCUT2D eigenvalue weighted by Crippen LogP contribution is 2.34. The van der Waals surface area contributed by atoms with E-state index in [-0.39, 0.29) is 0 Å². The van der Waals surface area contributed by atoms with Gasteiger partial charge in [0.2, 0.25) is 0 Å². The van der Waals surface area contributed by atoms with Gasteiger partial charge in [0.1, 0.15) is 0 Å². The molecule has 0 radical (unpaired) electrons. The van der Waals surface area contributed by atoms with Gasteiger partial charge in [0.05, 0.1) is 0 Å². The summed E-state index contributed by atoms with van der Waals surface area (Å²) in [5, 5.41) is 0. The van der Waals surface area contributed by atoms with E-state index in [1.807, 2.05) is 0 Å². The predicted octanol–water partition coefficient (Wildman–Crippen LogP) is 1.18. The van der Waals surface area contributed by atoms with Gasteiger partial charge < -0.3 is 4.90 Å². The lowest BCUT2D eigenvalue weighted by molar-refractivity contribution is 0.0377. The van der Waals surface area contributed by atoms with Crippen LogP contribution in [0.2, 0.25) is 0 Å². The Morgan fingerprint density at radius 1 is 1.25 bits per heavy atom. The summed E-state index contributed by atoms with van der Waals surface area (Å²) in [6.07, 6.45) is 4.17. The predicted molar refractivity (Wildman–Crippen MR) is 51.3 cm³/mol. The lowest BCUT2D eigenvalue weighted by Gasteiger charge is -2.45. The van der Waals surface area contributed by atoms with Crippen LogP contribution in [0.1, 0.15) is 26.2 Å². The lowest BCUT2D eigenvalue weighted by Crippen LogP contribution is -2.57. The molecular weight excluding hydrogens is 148 g/mol. The van der Waals surface area contributed by atoms with E-state index in [4.69, 9.17) is 0 Å². The van der Waals surface area contributed by atoms with Crippen molar-refractivity contribution in [2.75, 3.05) is 33.2 Å². The van der Waals surface area contributed by atoms with Gasteiger partial charge in [-0.05, 0) is 32.9 Å². The minimum atomic E-state index is 0.562. The van der Waals surface area contributed by atoms with Crippen LogP contribution in [0.15, 0.2) is 0 Å². The minimum Gasteiger partial charge on any atom is -0.303 e. The molecule has 2 heteroatoms. The monoisotopic (exact) mass is 168 g/mol. The second-order valence-electron chi connectivity index (χ2n) is 4.41. The maximum Gasteiger partial charge on any atom is 0.0334 e. The number of fused-ring (bicyclic) bond motifs is 1. The van der Waals surface area contributed by atoms with E-state index in [1.165, 1.54) is 45.4 Å². The highest BCUT2D eigenvalue weighted by molar-refractivity contribution is 4.99. The molecule has 2 nitrogen and oxygen atoms in total. The van der Waals surface area contributed by atoms with Crippen LogP contribution in [0.5, 0.6) is 0 Å². The van der Waals surface area contributed by atoms with Crippen molar-refractivity contribution in [2.24, 2.45) is 0 Å². The van der Waals surface area contributed by atoms with Crippen LogP contribution >= 0.6 is 0 Å². The fourth-order valence-corrected chi connectivity index (χ4v) is 2.91. The van der Waals surface area contributed by atoms with Crippen molar-refractivity contribution in [2.45, 2.75) is 31.7 Å². The standard InChI is InChI=1S/C10H20N2/c1-3-10-5-4-6-12(10)8-7-11(2)9-10/h3-9H2,1-2H3. The molecule has 0 aliphatic carbocycles. The molecule has 2 aliphatic heterocycles. The van der Waals surface area contributed by atoms with Gasteiger partial charge in [0, 0.05) is 25.2 Å². The van der Waals surface area contributed by atoms with Gasteiger partial charge in [-0.1, -0.05) is 6.92 Å². The lowest BCUT2D eigenvalue weighted by atomic mass is 9.90. The van der Waals surface area contributed by atoms with Crippen molar-refractivity contribution >= 4 is 0 Å². The summed E-state index contributed by atoms with van der Waals surface area (Å²) in [6.45, 7) is 7.55. The second-order valence-corrected chi connectivity index (χ2v) is 4.41. The Bertz CT molecular complexity index is 169. The van der Waals surface area contributed by atoms with Crippen LogP contribution in [0.25, 0.3) is 0 Å². The highest BCUT2D eigenvalue weighted by atomic mass is 15.3. The van der Waals surface area contributed by atoms with E-state index in [2.05, 4.69) is 23.8 Å². The van der Waals surface area contributed by atoms with Crippen molar-refractivity contribution in [1.82, 2.24) is 9.80 Å². The Labute approximate surface area is 75.5 Å². The normalized spacial score (nSPS) is 38.5. The molecule has 0 aromatic rings. The first-order valence-corrected chi connectivity index (χ1v) is 5.20. The fraction of sp³-hybridized carbons (Fsp3) is 1.00. The third-order valence-electron chi connectivity index (χ3n) is 3.71. The molecular formula is C10H20N2. The second kappa shape index (κ2) is 3.00. The van der Waals surface area contributed by atoms with Crippen molar-refractivity contribution in [3.05, 3.63) is 0 Å². The average molecular weight is 168 g/mol. The fourth-order valence-electron chi connectivity index (χ4n) is 2.91. The Kier molecular flexibility index (Phi) is 2.13. The zero-order chi connectivity index (χ0) is 8.60. The van der Waals surface area contributed by atoms with Gasteiger partial charge in [-0.25, -0.2) is 0 Å². The number of piperazine rings is 1. The topological polar surface area (TPSA) is 6.48 Å². The molecule has 0 saturated carbocycles. The van der Waals surface area contributed by atoms with Gasteiger partial charge in [0.15, 0.2) is 0 Å². The average Bonchev–Trinajstić information content (AvgIpc) is 2.47. The summed E-state index contributed by atoms with van der Waals surface area (Å²) in [5.74, 6) is 0. The minimum absolute atomic E-state index is 0.562. The number of nitrogens with zero attached hydrogens (tertiary/aromatic N) is 2. The van der Waals surface area contributed by atoms with Crippen LogP contribution in [-0.2, 0) is 0 Å². The molecule has 0 aromatic carbocycles. The Morgan fingerprint density at radius 3 is 2.83 bits per heavy atom. The molecule has 1 unspecified atom stereocenters. The molecule has 70 valence electrons. The third kappa shape index (κ3) is 1.17. The first-order chi connectivity index (χ1) is 5.77. The zero-order valence-electron chi connectivity index (χ0n) is 8.34. The SMILES string of the molecule is CCC12CCCN1CCN(C)C2. The summed E-state index contributed by atoms with van der Waals surface area (Å²) in [7, 11) is 2.26. The first-order valence-electron chi connectivity index (χ1n) is 5.20. The molecule has 2 fully saturated rings. The number of likely N-dealkylation sites (N-methyl/N-ethyl adjacent to an activating group) is 1. The van der Waals surface area contributed by atoms with Crippen LogP contribution in [0.4, 0.5) is 0 Å². The van der Waals surface area contributed by atoms with Gasteiger partial charge in [0.25, 0.3) is 0 Å². The quantitative estimate of drug-likeness (QED) is 0.580.